The van der Waals surface area contributed by atoms with Crippen LogP contribution in [0.5, 0.6) is 0 Å². The van der Waals surface area contributed by atoms with Crippen LogP contribution in [0, 0.1) is 0 Å². The van der Waals surface area contributed by atoms with Crippen molar-refractivity contribution in [1.82, 2.24) is 20.1 Å². The second-order valence-corrected chi connectivity index (χ2v) is 6.68. The van der Waals surface area contributed by atoms with Gasteiger partial charge in [-0.1, -0.05) is 19.3 Å². The Bertz CT molecular complexity index is 711. The van der Waals surface area contributed by atoms with E-state index in [9.17, 15) is 4.79 Å². The van der Waals surface area contributed by atoms with Crippen molar-refractivity contribution in [3.05, 3.63) is 23.5 Å². The maximum atomic E-state index is 12.8. The number of fused-ring (bicyclic) bond motifs is 1. The summed E-state index contributed by atoms with van der Waals surface area (Å²) in [5, 5.41) is 8.36. The fourth-order valence-corrected chi connectivity index (χ4v) is 3.42. The molecule has 0 saturated heterocycles. The van der Waals surface area contributed by atoms with E-state index in [0.717, 1.165) is 35.1 Å². The number of amides is 1. The molecule has 0 aromatic carbocycles. The van der Waals surface area contributed by atoms with E-state index in [1.165, 1.54) is 32.1 Å². The average molecular weight is 298 g/mol. The summed E-state index contributed by atoms with van der Waals surface area (Å²) in [6.07, 6.45) is 10.0. The Morgan fingerprint density at radius 3 is 2.73 bits per heavy atom. The molecule has 2 aromatic heterocycles. The number of pyridine rings is 1. The Labute approximate surface area is 130 Å². The molecule has 0 atom stereocenters. The van der Waals surface area contributed by atoms with Gasteiger partial charge in [0, 0.05) is 24.7 Å². The van der Waals surface area contributed by atoms with Crippen LogP contribution in [0.15, 0.2) is 12.3 Å². The molecule has 0 unspecified atom stereocenters. The van der Waals surface area contributed by atoms with Gasteiger partial charge in [0.05, 0.1) is 17.1 Å². The molecule has 0 bridgehead atoms. The number of nitrogens with one attached hydrogen (secondary N) is 1. The highest BCUT2D eigenvalue weighted by molar-refractivity contribution is 6.05. The second-order valence-electron chi connectivity index (χ2n) is 6.68. The van der Waals surface area contributed by atoms with Crippen molar-refractivity contribution in [2.45, 2.75) is 56.9 Å². The van der Waals surface area contributed by atoms with E-state index in [4.69, 9.17) is 4.98 Å². The SMILES string of the molecule is Cn1ncc2c(C(=O)NC3CCCCC3)cc(C3CC3)nc21. The molecule has 0 spiro atoms. The van der Waals surface area contributed by atoms with Crippen LogP contribution in [0.2, 0.25) is 0 Å². The monoisotopic (exact) mass is 298 g/mol. The lowest BCUT2D eigenvalue weighted by molar-refractivity contribution is 0.0929. The van der Waals surface area contributed by atoms with Crippen LogP contribution >= 0.6 is 0 Å². The Morgan fingerprint density at radius 1 is 1.23 bits per heavy atom. The molecule has 2 fully saturated rings. The summed E-state index contributed by atoms with van der Waals surface area (Å²) in [7, 11) is 1.88. The van der Waals surface area contributed by atoms with Crippen LogP contribution in [-0.2, 0) is 7.05 Å². The number of hydrogen-bond acceptors (Lipinski definition) is 3. The van der Waals surface area contributed by atoms with Gasteiger partial charge in [-0.2, -0.15) is 5.10 Å². The first-order valence-corrected chi connectivity index (χ1v) is 8.36. The molecule has 22 heavy (non-hydrogen) atoms. The molecule has 4 rings (SSSR count). The van der Waals surface area contributed by atoms with Crippen LogP contribution in [0.1, 0.15) is 66.9 Å². The minimum atomic E-state index is 0.0363. The molecule has 1 amide bonds. The van der Waals surface area contributed by atoms with Crippen molar-refractivity contribution < 1.29 is 4.79 Å². The van der Waals surface area contributed by atoms with E-state index in [1.807, 2.05) is 13.1 Å². The molecule has 1 N–H and O–H groups in total. The predicted molar refractivity (Wildman–Crippen MR) is 84.8 cm³/mol. The Balaban J connectivity index is 1.68. The summed E-state index contributed by atoms with van der Waals surface area (Å²) in [5.74, 6) is 0.565. The lowest BCUT2D eigenvalue weighted by Crippen LogP contribution is -2.36. The summed E-state index contributed by atoms with van der Waals surface area (Å²) in [6, 6.07) is 2.31. The standard InChI is InChI=1S/C17H22N4O/c1-21-16-14(10-18-21)13(9-15(20-16)11-7-8-11)17(22)19-12-5-3-2-4-6-12/h9-12H,2-8H2,1H3,(H,19,22). The number of carbonyl (C=O) groups is 1. The topological polar surface area (TPSA) is 59.8 Å². The van der Waals surface area contributed by atoms with E-state index in [-0.39, 0.29) is 5.91 Å². The van der Waals surface area contributed by atoms with Gasteiger partial charge in [0.1, 0.15) is 0 Å². The smallest absolute Gasteiger partial charge is 0.252 e. The van der Waals surface area contributed by atoms with Gasteiger partial charge in [-0.25, -0.2) is 4.98 Å². The second kappa shape index (κ2) is 5.38. The van der Waals surface area contributed by atoms with E-state index in [2.05, 4.69) is 10.4 Å². The normalized spacial score (nSPS) is 19.5. The average Bonchev–Trinajstić information content (AvgIpc) is 3.32. The third kappa shape index (κ3) is 2.49. The molecule has 0 aliphatic heterocycles. The number of aromatic nitrogens is 3. The van der Waals surface area contributed by atoms with Crippen LogP contribution < -0.4 is 5.32 Å². The highest BCUT2D eigenvalue weighted by Crippen LogP contribution is 2.40. The Kier molecular flexibility index (Phi) is 3.36. The van der Waals surface area contributed by atoms with E-state index in [0.29, 0.717) is 12.0 Å². The van der Waals surface area contributed by atoms with Gasteiger partial charge in [0.25, 0.3) is 5.91 Å². The van der Waals surface area contributed by atoms with Crippen molar-refractivity contribution in [1.29, 1.82) is 0 Å². The summed E-state index contributed by atoms with van der Waals surface area (Å²) >= 11 is 0. The van der Waals surface area contributed by atoms with E-state index < -0.39 is 0 Å². The number of nitrogens with zero attached hydrogens (tertiary/aromatic N) is 3. The summed E-state index contributed by atoms with van der Waals surface area (Å²) in [6.45, 7) is 0. The van der Waals surface area contributed by atoms with Gasteiger partial charge in [0.2, 0.25) is 0 Å². The van der Waals surface area contributed by atoms with Crippen molar-refractivity contribution in [3.8, 4) is 0 Å². The van der Waals surface area contributed by atoms with E-state index in [1.54, 1.807) is 10.9 Å². The molecule has 116 valence electrons. The fourth-order valence-electron chi connectivity index (χ4n) is 3.42. The first-order valence-electron chi connectivity index (χ1n) is 8.36. The van der Waals surface area contributed by atoms with Gasteiger partial charge in [-0.3, -0.25) is 9.48 Å². The first kappa shape index (κ1) is 13.7. The molecule has 2 aliphatic rings. The summed E-state index contributed by atoms with van der Waals surface area (Å²) in [4.78, 5) is 17.5. The van der Waals surface area contributed by atoms with Crippen molar-refractivity contribution in [2.75, 3.05) is 0 Å². The minimum absolute atomic E-state index is 0.0363. The molecule has 0 radical (unpaired) electrons. The van der Waals surface area contributed by atoms with Crippen LogP contribution in [0.3, 0.4) is 0 Å². The summed E-state index contributed by atoms with van der Waals surface area (Å²) < 4.78 is 1.76. The van der Waals surface area contributed by atoms with Crippen LogP contribution in [0.25, 0.3) is 11.0 Å². The zero-order chi connectivity index (χ0) is 15.1. The Morgan fingerprint density at radius 2 is 2.00 bits per heavy atom. The zero-order valence-electron chi connectivity index (χ0n) is 13.0. The maximum absolute atomic E-state index is 12.8. The van der Waals surface area contributed by atoms with Gasteiger partial charge in [0.15, 0.2) is 5.65 Å². The van der Waals surface area contributed by atoms with Gasteiger partial charge in [-0.15, -0.1) is 0 Å². The van der Waals surface area contributed by atoms with Gasteiger partial charge < -0.3 is 5.32 Å². The van der Waals surface area contributed by atoms with Crippen LogP contribution in [0.4, 0.5) is 0 Å². The lowest BCUT2D eigenvalue weighted by Gasteiger charge is -2.23. The summed E-state index contributed by atoms with van der Waals surface area (Å²) in [5.41, 5.74) is 2.61. The number of rotatable bonds is 3. The van der Waals surface area contributed by atoms with Crippen molar-refractivity contribution in [2.24, 2.45) is 7.05 Å². The number of aryl methyl sites for hydroxylation is 1. The van der Waals surface area contributed by atoms with Crippen molar-refractivity contribution in [3.63, 3.8) is 0 Å². The zero-order valence-corrected chi connectivity index (χ0v) is 13.0. The highest BCUT2D eigenvalue weighted by Gasteiger charge is 2.28. The number of hydrogen-bond donors (Lipinski definition) is 1. The molecule has 5 nitrogen and oxygen atoms in total. The molecule has 2 heterocycles. The lowest BCUT2D eigenvalue weighted by atomic mass is 9.95. The van der Waals surface area contributed by atoms with Gasteiger partial charge in [-0.05, 0) is 31.7 Å². The van der Waals surface area contributed by atoms with E-state index >= 15 is 0 Å². The largest absolute Gasteiger partial charge is 0.349 e. The third-order valence-corrected chi connectivity index (χ3v) is 4.91. The minimum Gasteiger partial charge on any atom is -0.349 e. The van der Waals surface area contributed by atoms with Crippen molar-refractivity contribution >= 4 is 16.9 Å². The molecule has 2 aliphatic carbocycles. The first-order chi connectivity index (χ1) is 10.7. The number of carbonyl (C=O) groups excluding carboxylic acids is 1. The molecule has 2 saturated carbocycles. The Hall–Kier alpha value is -1.91. The van der Waals surface area contributed by atoms with Gasteiger partial charge >= 0.3 is 0 Å². The highest BCUT2D eigenvalue weighted by atomic mass is 16.1. The molecule has 5 heteroatoms. The molecular weight excluding hydrogens is 276 g/mol. The maximum Gasteiger partial charge on any atom is 0.252 e. The molecule has 2 aromatic rings. The molecular formula is C17H22N4O. The van der Waals surface area contributed by atoms with Crippen LogP contribution in [-0.4, -0.2) is 26.7 Å². The fraction of sp³-hybridized carbons (Fsp3) is 0.588. The predicted octanol–water partition coefficient (Wildman–Crippen LogP) is 2.91. The third-order valence-electron chi connectivity index (χ3n) is 4.91. The quantitative estimate of drug-likeness (QED) is 0.948.